The molecule has 24 heavy (non-hydrogen) atoms. The molecule has 1 atom stereocenters. The number of halogens is 3. The van der Waals surface area contributed by atoms with Crippen LogP contribution in [-0.2, 0) is 0 Å². The van der Waals surface area contributed by atoms with Gasteiger partial charge in [-0.15, -0.1) is 0 Å². The highest BCUT2D eigenvalue weighted by Crippen LogP contribution is 2.24. The lowest BCUT2D eigenvalue weighted by molar-refractivity contribution is 0.151. The Balaban J connectivity index is 2.40. The second-order valence-corrected chi connectivity index (χ2v) is 5.72. The fourth-order valence-electron chi connectivity index (χ4n) is 2.45. The highest BCUT2D eigenvalue weighted by molar-refractivity contribution is 6.35. The van der Waals surface area contributed by atoms with Crippen LogP contribution in [0.15, 0.2) is 41.5 Å². The third-order valence-electron chi connectivity index (χ3n) is 3.54. The van der Waals surface area contributed by atoms with Crippen molar-refractivity contribution in [3.05, 3.63) is 63.4 Å². The van der Waals surface area contributed by atoms with Gasteiger partial charge in [-0.3, -0.25) is 14.3 Å². The highest BCUT2D eigenvalue weighted by Gasteiger charge is 2.18. The molecule has 0 spiro atoms. The van der Waals surface area contributed by atoms with Gasteiger partial charge in [0, 0.05) is 11.8 Å². The van der Waals surface area contributed by atoms with Gasteiger partial charge in [0.05, 0.1) is 33.9 Å². The maximum Gasteiger partial charge on any atom is 0.267 e. The number of nitrogens with zero attached hydrogens (tertiary/aromatic N) is 3. The van der Waals surface area contributed by atoms with Gasteiger partial charge >= 0.3 is 0 Å². The minimum absolute atomic E-state index is 0.166. The lowest BCUT2D eigenvalue weighted by atomic mass is 10.2. The van der Waals surface area contributed by atoms with Gasteiger partial charge in [-0.05, 0) is 25.1 Å². The predicted octanol–water partition coefficient (Wildman–Crippen LogP) is 3.39. The van der Waals surface area contributed by atoms with Crippen LogP contribution >= 0.6 is 11.6 Å². The Kier molecular flexibility index (Phi) is 4.29. The van der Waals surface area contributed by atoms with Crippen LogP contribution in [0.1, 0.15) is 30.8 Å². The van der Waals surface area contributed by atoms with E-state index in [4.69, 9.17) is 17.3 Å². The Labute approximate surface area is 140 Å². The first kappa shape index (κ1) is 16.5. The van der Waals surface area contributed by atoms with Crippen LogP contribution in [0.25, 0.3) is 16.6 Å². The van der Waals surface area contributed by atoms with Gasteiger partial charge in [-0.25, -0.2) is 13.8 Å². The summed E-state index contributed by atoms with van der Waals surface area (Å²) in [4.78, 5) is 21.1. The van der Waals surface area contributed by atoms with Gasteiger partial charge in [0.2, 0.25) is 0 Å². The van der Waals surface area contributed by atoms with Crippen LogP contribution in [0.2, 0.25) is 5.02 Å². The Hall–Kier alpha value is -2.38. The third-order valence-corrected chi connectivity index (χ3v) is 3.85. The summed E-state index contributed by atoms with van der Waals surface area (Å²) in [7, 11) is 0. The number of aromatic nitrogens is 3. The molecule has 2 N–H and O–H groups in total. The van der Waals surface area contributed by atoms with Crippen LogP contribution in [0, 0.1) is 0 Å². The quantitative estimate of drug-likeness (QED) is 0.785. The number of fused-ring (bicyclic) bond motifs is 1. The summed E-state index contributed by atoms with van der Waals surface area (Å²) >= 11 is 6.12. The number of benzene rings is 1. The molecular weight excluding hydrogens is 338 g/mol. The third kappa shape index (κ3) is 2.76. The summed E-state index contributed by atoms with van der Waals surface area (Å²) in [6.45, 7) is 1.65. The molecule has 5 nitrogen and oxygen atoms in total. The first-order valence-corrected chi connectivity index (χ1v) is 7.48. The van der Waals surface area contributed by atoms with Gasteiger partial charge in [-0.2, -0.15) is 0 Å². The van der Waals surface area contributed by atoms with E-state index in [-0.39, 0.29) is 27.5 Å². The average molecular weight is 351 g/mol. The Bertz CT molecular complexity index is 972. The van der Waals surface area contributed by atoms with Crippen LogP contribution in [-0.4, -0.2) is 14.5 Å². The number of nitrogens with two attached hydrogens (primary N) is 1. The van der Waals surface area contributed by atoms with E-state index in [1.807, 2.05) is 0 Å². The molecule has 1 aromatic carbocycles. The molecule has 8 heteroatoms. The molecule has 0 saturated heterocycles. The molecule has 0 amide bonds. The van der Waals surface area contributed by atoms with E-state index in [2.05, 4.69) is 9.97 Å². The lowest BCUT2D eigenvalue weighted by Crippen LogP contribution is -2.27. The van der Waals surface area contributed by atoms with Crippen molar-refractivity contribution in [3.8, 4) is 5.69 Å². The molecule has 0 radical (unpaired) electrons. The van der Waals surface area contributed by atoms with E-state index in [1.165, 1.54) is 16.8 Å². The fraction of sp³-hybridized carbons (Fsp3) is 0.188. The van der Waals surface area contributed by atoms with Crippen molar-refractivity contribution in [1.82, 2.24) is 14.5 Å². The SMILES string of the molecule is CC(N)c1nc2cccc(Cl)c2c(=O)n1-c1cncc(C(F)F)c1. The molecule has 124 valence electrons. The summed E-state index contributed by atoms with van der Waals surface area (Å²) in [5.41, 5.74) is 5.71. The zero-order chi connectivity index (χ0) is 17.4. The summed E-state index contributed by atoms with van der Waals surface area (Å²) in [6.07, 6.45) is -0.348. The number of alkyl halides is 2. The molecule has 2 heterocycles. The van der Waals surface area contributed by atoms with Crippen LogP contribution in [0.3, 0.4) is 0 Å². The smallest absolute Gasteiger partial charge is 0.267 e. The zero-order valence-electron chi connectivity index (χ0n) is 12.6. The van der Waals surface area contributed by atoms with Crippen LogP contribution in [0.5, 0.6) is 0 Å². The average Bonchev–Trinajstić information content (AvgIpc) is 2.54. The molecule has 3 rings (SSSR count). The predicted molar refractivity (Wildman–Crippen MR) is 87.7 cm³/mol. The molecule has 0 saturated carbocycles. The van der Waals surface area contributed by atoms with Crippen molar-refractivity contribution in [2.24, 2.45) is 5.73 Å². The van der Waals surface area contributed by atoms with Gasteiger partial charge in [0.1, 0.15) is 5.82 Å². The maximum absolute atomic E-state index is 13.0. The summed E-state index contributed by atoms with van der Waals surface area (Å²) in [6, 6.07) is 5.47. The Morgan fingerprint density at radius 2 is 2.04 bits per heavy atom. The number of hydrogen-bond acceptors (Lipinski definition) is 4. The molecule has 3 aromatic rings. The van der Waals surface area contributed by atoms with Gasteiger partial charge < -0.3 is 5.73 Å². The molecule has 0 aliphatic carbocycles. The van der Waals surface area contributed by atoms with Crippen LogP contribution in [0.4, 0.5) is 8.78 Å². The molecule has 0 aliphatic rings. The van der Waals surface area contributed by atoms with Crippen molar-refractivity contribution in [1.29, 1.82) is 0 Å². The monoisotopic (exact) mass is 350 g/mol. The van der Waals surface area contributed by atoms with E-state index >= 15 is 0 Å². The van der Waals surface area contributed by atoms with Crippen molar-refractivity contribution in [2.45, 2.75) is 19.4 Å². The Morgan fingerprint density at radius 1 is 1.29 bits per heavy atom. The highest BCUT2D eigenvalue weighted by atomic mass is 35.5. The summed E-state index contributed by atoms with van der Waals surface area (Å²) < 4.78 is 27.1. The van der Waals surface area contributed by atoms with E-state index < -0.39 is 18.0 Å². The number of pyridine rings is 1. The normalized spacial score (nSPS) is 12.8. The topological polar surface area (TPSA) is 73.8 Å². The van der Waals surface area contributed by atoms with Gasteiger partial charge in [0.15, 0.2) is 0 Å². The first-order chi connectivity index (χ1) is 11.4. The second kappa shape index (κ2) is 6.26. The first-order valence-electron chi connectivity index (χ1n) is 7.10. The molecular formula is C16H13ClF2N4O. The standard InChI is InChI=1S/C16H13ClF2N4O/c1-8(20)15-22-12-4-2-3-11(17)13(12)16(24)23(15)10-5-9(14(18)19)6-21-7-10/h2-8,14H,20H2,1H3. The lowest BCUT2D eigenvalue weighted by Gasteiger charge is -2.16. The van der Waals surface area contributed by atoms with Gasteiger partial charge in [-0.1, -0.05) is 17.7 Å². The molecule has 2 aromatic heterocycles. The molecule has 0 fully saturated rings. The van der Waals surface area contributed by atoms with E-state index in [0.717, 1.165) is 6.20 Å². The molecule has 0 aliphatic heterocycles. The van der Waals surface area contributed by atoms with Crippen molar-refractivity contribution < 1.29 is 8.78 Å². The van der Waals surface area contributed by atoms with Gasteiger partial charge in [0.25, 0.3) is 12.0 Å². The van der Waals surface area contributed by atoms with Crippen molar-refractivity contribution in [2.75, 3.05) is 0 Å². The van der Waals surface area contributed by atoms with E-state index in [1.54, 1.807) is 25.1 Å². The van der Waals surface area contributed by atoms with Crippen LogP contribution < -0.4 is 11.3 Å². The maximum atomic E-state index is 13.0. The number of rotatable bonds is 3. The largest absolute Gasteiger partial charge is 0.322 e. The molecule has 1 unspecified atom stereocenters. The fourth-order valence-corrected chi connectivity index (χ4v) is 2.70. The van der Waals surface area contributed by atoms with E-state index in [0.29, 0.717) is 5.52 Å². The van der Waals surface area contributed by atoms with Crippen molar-refractivity contribution in [3.63, 3.8) is 0 Å². The number of hydrogen-bond donors (Lipinski definition) is 1. The summed E-state index contributed by atoms with van der Waals surface area (Å²) in [5.74, 6) is 0.239. The summed E-state index contributed by atoms with van der Waals surface area (Å²) in [5, 5.41) is 0.430. The minimum Gasteiger partial charge on any atom is -0.322 e. The van der Waals surface area contributed by atoms with Crippen molar-refractivity contribution >= 4 is 22.5 Å². The second-order valence-electron chi connectivity index (χ2n) is 5.31. The minimum atomic E-state index is -2.70. The zero-order valence-corrected chi connectivity index (χ0v) is 13.3. The Morgan fingerprint density at radius 3 is 2.71 bits per heavy atom. The van der Waals surface area contributed by atoms with E-state index in [9.17, 15) is 13.6 Å². The molecule has 0 bridgehead atoms.